The fourth-order valence-corrected chi connectivity index (χ4v) is 3.00. The predicted octanol–water partition coefficient (Wildman–Crippen LogP) is -1.15. The molecular formula is C10H11N5O4S2. The molecule has 0 bridgehead atoms. The van der Waals surface area contributed by atoms with Crippen molar-refractivity contribution in [3.63, 3.8) is 0 Å². The second-order valence-corrected chi connectivity index (χ2v) is 6.62. The minimum absolute atomic E-state index is 0.0167. The smallest absolute Gasteiger partial charge is 0.339 e. The molecule has 0 amide bonds. The van der Waals surface area contributed by atoms with Crippen molar-refractivity contribution >= 4 is 27.5 Å². The molecule has 21 heavy (non-hydrogen) atoms. The van der Waals surface area contributed by atoms with Crippen LogP contribution in [0.2, 0.25) is 0 Å². The van der Waals surface area contributed by atoms with Gasteiger partial charge in [0.1, 0.15) is 4.90 Å². The molecule has 1 aromatic heterocycles. The third-order valence-electron chi connectivity index (χ3n) is 2.44. The number of benzene rings is 1. The van der Waals surface area contributed by atoms with Crippen molar-refractivity contribution in [2.75, 3.05) is 5.73 Å². The van der Waals surface area contributed by atoms with E-state index >= 15 is 0 Å². The van der Waals surface area contributed by atoms with E-state index in [-0.39, 0.29) is 15.7 Å². The number of hydrogen-bond donors (Lipinski definition) is 3. The summed E-state index contributed by atoms with van der Waals surface area (Å²) in [6, 6.07) is 4.12. The van der Waals surface area contributed by atoms with Gasteiger partial charge < -0.3 is 5.73 Å². The van der Waals surface area contributed by atoms with E-state index in [0.29, 0.717) is 4.90 Å². The third kappa shape index (κ3) is 3.32. The van der Waals surface area contributed by atoms with Gasteiger partial charge in [-0.05, 0) is 18.2 Å². The van der Waals surface area contributed by atoms with Crippen LogP contribution in [0.1, 0.15) is 0 Å². The third-order valence-corrected chi connectivity index (χ3v) is 4.47. The number of nitrogens with two attached hydrogens (primary N) is 2. The molecule has 0 aliphatic carbocycles. The normalized spacial score (nSPS) is 11.5. The van der Waals surface area contributed by atoms with Crippen molar-refractivity contribution in [3.8, 4) is 0 Å². The highest BCUT2D eigenvalue weighted by atomic mass is 32.2. The number of nitrogens with one attached hydrogen (secondary N) is 1. The summed E-state index contributed by atoms with van der Waals surface area (Å²) in [6.07, 6.45) is 0. The van der Waals surface area contributed by atoms with Gasteiger partial charge in [-0.2, -0.15) is 4.98 Å². The summed E-state index contributed by atoms with van der Waals surface area (Å²) in [4.78, 5) is 26.3. The van der Waals surface area contributed by atoms with Gasteiger partial charge in [0.25, 0.3) is 0 Å². The van der Waals surface area contributed by atoms with E-state index in [1.165, 1.54) is 29.9 Å². The first-order chi connectivity index (χ1) is 9.68. The van der Waals surface area contributed by atoms with Gasteiger partial charge in [-0.25, -0.2) is 13.6 Å². The minimum atomic E-state index is -3.90. The highest BCUT2D eigenvalue weighted by molar-refractivity contribution is 7.99. The van der Waals surface area contributed by atoms with Crippen molar-refractivity contribution < 1.29 is 8.42 Å². The van der Waals surface area contributed by atoms with Crippen LogP contribution >= 0.6 is 11.8 Å². The van der Waals surface area contributed by atoms with Crippen LogP contribution in [-0.2, 0) is 17.1 Å². The average Bonchev–Trinajstić information content (AvgIpc) is 2.34. The average molecular weight is 329 g/mol. The fourth-order valence-electron chi connectivity index (χ4n) is 1.51. The second-order valence-electron chi connectivity index (χ2n) is 4.05. The number of hydrogen-bond acceptors (Lipinski definition) is 7. The number of aromatic nitrogens is 3. The van der Waals surface area contributed by atoms with E-state index in [9.17, 15) is 18.0 Å². The number of nitrogen functional groups attached to an aromatic ring is 1. The molecule has 2 rings (SSSR count). The van der Waals surface area contributed by atoms with Crippen LogP contribution in [0.4, 0.5) is 5.69 Å². The Morgan fingerprint density at radius 3 is 2.57 bits per heavy atom. The Labute approximate surface area is 123 Å². The highest BCUT2D eigenvalue weighted by Gasteiger charge is 2.13. The fraction of sp³-hybridized carbons (Fsp3) is 0.100. The van der Waals surface area contributed by atoms with Crippen LogP contribution in [0, 0.1) is 0 Å². The molecule has 0 spiro atoms. The van der Waals surface area contributed by atoms with Crippen LogP contribution in [0.15, 0.2) is 42.7 Å². The topological polar surface area (TPSA) is 154 Å². The summed E-state index contributed by atoms with van der Waals surface area (Å²) in [5.74, 6) is 0. The minimum Gasteiger partial charge on any atom is -0.398 e. The van der Waals surface area contributed by atoms with Gasteiger partial charge in [0, 0.05) is 11.9 Å². The Bertz CT molecular complexity index is 916. The lowest BCUT2D eigenvalue weighted by Gasteiger charge is -2.08. The summed E-state index contributed by atoms with van der Waals surface area (Å²) in [7, 11) is -2.38. The lowest BCUT2D eigenvalue weighted by Crippen LogP contribution is -2.33. The quantitative estimate of drug-likeness (QED) is 0.474. The van der Waals surface area contributed by atoms with E-state index in [2.05, 4.69) is 10.1 Å². The van der Waals surface area contributed by atoms with E-state index < -0.39 is 21.1 Å². The van der Waals surface area contributed by atoms with Crippen LogP contribution < -0.4 is 22.0 Å². The molecule has 0 unspecified atom stereocenters. The number of anilines is 1. The zero-order chi connectivity index (χ0) is 15.8. The molecule has 0 atom stereocenters. The zero-order valence-corrected chi connectivity index (χ0v) is 12.4. The number of nitrogens with zero attached hydrogens (tertiary/aromatic N) is 2. The first kappa shape index (κ1) is 15.3. The molecule has 1 aromatic carbocycles. The van der Waals surface area contributed by atoms with E-state index in [4.69, 9.17) is 10.9 Å². The Morgan fingerprint density at radius 2 is 2.00 bits per heavy atom. The van der Waals surface area contributed by atoms with E-state index in [1.807, 2.05) is 0 Å². The van der Waals surface area contributed by atoms with Crippen molar-refractivity contribution in [3.05, 3.63) is 38.9 Å². The maximum atomic E-state index is 11.3. The molecule has 2 aromatic rings. The number of aryl methyl sites for hydroxylation is 1. The van der Waals surface area contributed by atoms with Crippen molar-refractivity contribution in [2.45, 2.75) is 14.9 Å². The SMILES string of the molecule is Cn1[nH]c(=O)c(=O)nc1Sc1ccc(S(N)(=O)=O)c(N)c1. The number of aromatic amines is 1. The van der Waals surface area contributed by atoms with Gasteiger partial charge in [0.2, 0.25) is 10.0 Å². The Morgan fingerprint density at radius 1 is 1.33 bits per heavy atom. The lowest BCUT2D eigenvalue weighted by atomic mass is 10.3. The molecule has 112 valence electrons. The van der Waals surface area contributed by atoms with Crippen molar-refractivity contribution in [1.82, 2.24) is 14.8 Å². The van der Waals surface area contributed by atoms with Gasteiger partial charge in [0.15, 0.2) is 5.16 Å². The molecule has 0 fully saturated rings. The van der Waals surface area contributed by atoms with E-state index in [1.54, 1.807) is 0 Å². The first-order valence-electron chi connectivity index (χ1n) is 5.46. The Hall–Kier alpha value is -2.11. The van der Waals surface area contributed by atoms with Gasteiger partial charge in [-0.1, -0.05) is 11.8 Å². The zero-order valence-electron chi connectivity index (χ0n) is 10.7. The Kier molecular flexibility index (Phi) is 3.89. The molecular weight excluding hydrogens is 318 g/mol. The number of primary sulfonamides is 1. The molecule has 9 nitrogen and oxygen atoms in total. The van der Waals surface area contributed by atoms with Crippen molar-refractivity contribution in [1.29, 1.82) is 0 Å². The van der Waals surface area contributed by atoms with Gasteiger partial charge in [0.05, 0.1) is 5.69 Å². The molecule has 11 heteroatoms. The second kappa shape index (κ2) is 5.35. The largest absolute Gasteiger partial charge is 0.398 e. The molecule has 1 heterocycles. The van der Waals surface area contributed by atoms with Crippen LogP contribution in [0.25, 0.3) is 0 Å². The van der Waals surface area contributed by atoms with Gasteiger partial charge in [-0.3, -0.25) is 19.4 Å². The number of sulfonamides is 1. The molecule has 0 radical (unpaired) electrons. The molecule has 0 aliphatic heterocycles. The number of H-pyrrole nitrogens is 1. The van der Waals surface area contributed by atoms with E-state index in [0.717, 1.165) is 11.8 Å². The number of rotatable bonds is 3. The Balaban J connectivity index is 2.42. The monoisotopic (exact) mass is 329 g/mol. The van der Waals surface area contributed by atoms with Gasteiger partial charge in [-0.15, -0.1) is 0 Å². The summed E-state index contributed by atoms with van der Waals surface area (Å²) in [5.41, 5.74) is 3.88. The molecule has 0 saturated carbocycles. The highest BCUT2D eigenvalue weighted by Crippen LogP contribution is 2.28. The molecule has 5 N–H and O–H groups in total. The summed E-state index contributed by atoms with van der Waals surface area (Å²) < 4.78 is 23.8. The summed E-state index contributed by atoms with van der Waals surface area (Å²) in [5, 5.41) is 7.53. The summed E-state index contributed by atoms with van der Waals surface area (Å²) in [6.45, 7) is 0. The van der Waals surface area contributed by atoms with Crippen LogP contribution in [0.5, 0.6) is 0 Å². The maximum absolute atomic E-state index is 11.3. The lowest BCUT2D eigenvalue weighted by molar-refractivity contribution is 0.596. The van der Waals surface area contributed by atoms with Crippen LogP contribution in [0.3, 0.4) is 0 Å². The summed E-state index contributed by atoms with van der Waals surface area (Å²) >= 11 is 1.04. The van der Waals surface area contributed by atoms with Gasteiger partial charge >= 0.3 is 11.1 Å². The first-order valence-corrected chi connectivity index (χ1v) is 7.82. The predicted molar refractivity (Wildman–Crippen MR) is 76.4 cm³/mol. The van der Waals surface area contributed by atoms with Crippen LogP contribution in [-0.4, -0.2) is 23.2 Å². The van der Waals surface area contributed by atoms with Crippen molar-refractivity contribution in [2.24, 2.45) is 12.2 Å². The molecule has 0 aliphatic rings. The molecule has 0 saturated heterocycles. The standard InChI is InChI=1S/C10H11N5O4S2/c1-15-10(13-8(16)9(17)14-15)20-5-2-3-7(6(11)4-5)21(12,18)19/h2-4H,11H2,1H3,(H,14,17)(H2,12,18,19). The maximum Gasteiger partial charge on any atom is 0.339 e.